The number of carboxylic acids is 1. The van der Waals surface area contributed by atoms with Gasteiger partial charge in [-0.15, -0.1) is 11.3 Å². The minimum atomic E-state index is -1.16. The lowest BCUT2D eigenvalue weighted by Crippen LogP contribution is -2.43. The standard InChI is InChI=1S/C26H29N5O4S/c1-16(2)20-15-36-22(28-20)8-6-17-10-12-31-21(13-17)29-24(19(26(31)35)7-9-23(32)33)30-11-4-5-18(14-30)25(34)27-3/h6-10,12-13,15-16,18H,4-5,11,14H2,1-3H3,(H,27,34)(H,32,33). The van der Waals surface area contributed by atoms with Crippen LogP contribution in [0.15, 0.2) is 34.6 Å². The van der Waals surface area contributed by atoms with Gasteiger partial charge in [-0.05, 0) is 48.6 Å². The first-order chi connectivity index (χ1) is 17.3. The number of fused-ring (bicyclic) bond motifs is 1. The number of carboxylic acid groups (broad SMARTS) is 1. The number of carbonyl (C=O) groups excluding carboxylic acids is 1. The van der Waals surface area contributed by atoms with E-state index in [2.05, 4.69) is 29.5 Å². The van der Waals surface area contributed by atoms with Crippen molar-refractivity contribution in [2.24, 2.45) is 5.92 Å². The molecule has 1 atom stereocenters. The van der Waals surface area contributed by atoms with Crippen molar-refractivity contribution in [2.45, 2.75) is 32.6 Å². The Morgan fingerprint density at radius 1 is 1.25 bits per heavy atom. The largest absolute Gasteiger partial charge is 0.478 e. The zero-order valence-electron chi connectivity index (χ0n) is 20.5. The van der Waals surface area contributed by atoms with Crippen LogP contribution in [-0.2, 0) is 9.59 Å². The van der Waals surface area contributed by atoms with Crippen LogP contribution in [0.25, 0.3) is 23.9 Å². The van der Waals surface area contributed by atoms with Crippen molar-refractivity contribution in [3.8, 4) is 0 Å². The van der Waals surface area contributed by atoms with Gasteiger partial charge in [-0.25, -0.2) is 14.8 Å². The van der Waals surface area contributed by atoms with Crippen molar-refractivity contribution >= 4 is 52.9 Å². The number of rotatable bonds is 7. The summed E-state index contributed by atoms with van der Waals surface area (Å²) in [6.07, 6.45) is 9.22. The highest BCUT2D eigenvalue weighted by atomic mass is 32.1. The highest BCUT2D eigenvalue weighted by Gasteiger charge is 2.28. The van der Waals surface area contributed by atoms with Gasteiger partial charge in [-0.1, -0.05) is 19.9 Å². The van der Waals surface area contributed by atoms with Crippen molar-refractivity contribution in [3.63, 3.8) is 0 Å². The zero-order chi connectivity index (χ0) is 25.8. The molecule has 3 aromatic heterocycles. The number of nitrogens with zero attached hydrogens (tertiary/aromatic N) is 4. The predicted octanol–water partition coefficient (Wildman–Crippen LogP) is 3.51. The summed E-state index contributed by atoms with van der Waals surface area (Å²) in [6.45, 7) is 5.22. The second-order valence-corrected chi connectivity index (χ2v) is 9.90. The third kappa shape index (κ3) is 5.54. The van der Waals surface area contributed by atoms with Gasteiger partial charge in [0.2, 0.25) is 5.91 Å². The van der Waals surface area contributed by atoms with E-state index in [0.29, 0.717) is 30.5 Å². The van der Waals surface area contributed by atoms with E-state index >= 15 is 0 Å². The number of thiazole rings is 1. The highest BCUT2D eigenvalue weighted by molar-refractivity contribution is 7.10. The van der Waals surface area contributed by atoms with Gasteiger partial charge in [0.1, 0.15) is 16.5 Å². The van der Waals surface area contributed by atoms with Crippen LogP contribution in [0.4, 0.5) is 5.82 Å². The molecule has 188 valence electrons. The van der Waals surface area contributed by atoms with E-state index in [1.54, 1.807) is 30.6 Å². The molecule has 1 amide bonds. The fourth-order valence-electron chi connectivity index (χ4n) is 4.20. The molecule has 10 heteroatoms. The zero-order valence-corrected chi connectivity index (χ0v) is 21.3. The van der Waals surface area contributed by atoms with Gasteiger partial charge in [0, 0.05) is 37.8 Å². The molecule has 1 aliphatic rings. The lowest BCUT2D eigenvalue weighted by molar-refractivity contribution is -0.131. The van der Waals surface area contributed by atoms with Gasteiger partial charge in [-0.3, -0.25) is 14.0 Å². The van der Waals surface area contributed by atoms with Crippen LogP contribution in [0, 0.1) is 5.92 Å². The third-order valence-electron chi connectivity index (χ3n) is 6.15. The van der Waals surface area contributed by atoms with E-state index in [-0.39, 0.29) is 22.9 Å². The molecule has 3 aromatic rings. The molecule has 1 aliphatic heterocycles. The average Bonchev–Trinajstić information content (AvgIpc) is 3.35. The smallest absolute Gasteiger partial charge is 0.328 e. The number of amides is 1. The molecule has 0 spiro atoms. The number of pyridine rings is 1. The van der Waals surface area contributed by atoms with Gasteiger partial charge < -0.3 is 15.3 Å². The van der Waals surface area contributed by atoms with Crippen LogP contribution in [0.1, 0.15) is 54.4 Å². The normalized spacial score (nSPS) is 16.4. The molecule has 4 rings (SSSR count). The Labute approximate surface area is 212 Å². The van der Waals surface area contributed by atoms with Crippen LogP contribution in [0.5, 0.6) is 0 Å². The molecule has 2 N–H and O–H groups in total. The lowest BCUT2D eigenvalue weighted by Gasteiger charge is -2.33. The Bertz CT molecular complexity index is 1410. The van der Waals surface area contributed by atoms with Crippen molar-refractivity contribution in [1.29, 1.82) is 0 Å². The fraction of sp³-hybridized carbons (Fsp3) is 0.346. The Morgan fingerprint density at radius 3 is 2.75 bits per heavy atom. The summed E-state index contributed by atoms with van der Waals surface area (Å²) in [4.78, 5) is 48.1. The molecule has 0 aromatic carbocycles. The Kier molecular flexibility index (Phi) is 7.64. The maximum absolute atomic E-state index is 13.4. The number of hydrogen-bond acceptors (Lipinski definition) is 7. The third-order valence-corrected chi connectivity index (χ3v) is 6.98. The molecule has 0 saturated carbocycles. The Balaban J connectivity index is 1.75. The van der Waals surface area contributed by atoms with Crippen molar-refractivity contribution < 1.29 is 14.7 Å². The quantitative estimate of drug-likeness (QED) is 0.470. The fourth-order valence-corrected chi connectivity index (χ4v) is 5.07. The monoisotopic (exact) mass is 507 g/mol. The first-order valence-corrected chi connectivity index (χ1v) is 12.7. The maximum Gasteiger partial charge on any atom is 0.328 e. The van der Waals surface area contributed by atoms with E-state index < -0.39 is 5.97 Å². The van der Waals surface area contributed by atoms with Crippen LogP contribution in [-0.4, -0.2) is 51.5 Å². The van der Waals surface area contributed by atoms with E-state index in [4.69, 9.17) is 10.1 Å². The number of piperidine rings is 1. The van der Waals surface area contributed by atoms with Gasteiger partial charge in [0.05, 0.1) is 17.2 Å². The molecule has 9 nitrogen and oxygen atoms in total. The van der Waals surface area contributed by atoms with E-state index in [9.17, 15) is 14.4 Å². The Hall–Kier alpha value is -3.79. The van der Waals surface area contributed by atoms with Gasteiger partial charge >= 0.3 is 5.97 Å². The molecule has 1 fully saturated rings. The number of aliphatic carboxylic acids is 1. The molecule has 0 aliphatic carbocycles. The van der Waals surface area contributed by atoms with E-state index in [1.807, 2.05) is 23.1 Å². The van der Waals surface area contributed by atoms with Gasteiger partial charge in [-0.2, -0.15) is 0 Å². The molecule has 1 unspecified atom stereocenters. The Morgan fingerprint density at radius 2 is 2.06 bits per heavy atom. The molecule has 4 heterocycles. The number of anilines is 1. The van der Waals surface area contributed by atoms with Crippen LogP contribution >= 0.6 is 11.3 Å². The first kappa shape index (κ1) is 25.3. The van der Waals surface area contributed by atoms with E-state index in [1.165, 1.54) is 10.5 Å². The predicted molar refractivity (Wildman–Crippen MR) is 142 cm³/mol. The summed E-state index contributed by atoms with van der Waals surface area (Å²) < 4.78 is 1.41. The minimum absolute atomic E-state index is 0.0601. The second kappa shape index (κ2) is 10.9. The summed E-state index contributed by atoms with van der Waals surface area (Å²) in [5.74, 6) is -0.705. The van der Waals surface area contributed by atoms with Gasteiger partial charge in [0.15, 0.2) is 0 Å². The average molecular weight is 508 g/mol. The second-order valence-electron chi connectivity index (χ2n) is 9.01. The maximum atomic E-state index is 13.4. The number of aromatic nitrogens is 3. The summed E-state index contributed by atoms with van der Waals surface area (Å²) in [7, 11) is 1.60. The first-order valence-electron chi connectivity index (χ1n) is 11.8. The SMILES string of the molecule is CNC(=O)C1CCCN(c2nc3cc(C=Cc4nc(C(C)C)cs4)ccn3c(=O)c2C=CC(=O)O)C1. The van der Waals surface area contributed by atoms with Crippen molar-refractivity contribution in [1.82, 2.24) is 19.7 Å². The number of carbonyl (C=O) groups is 2. The number of nitrogens with one attached hydrogen (secondary N) is 1. The minimum Gasteiger partial charge on any atom is -0.478 e. The highest BCUT2D eigenvalue weighted by Crippen LogP contribution is 2.26. The summed E-state index contributed by atoms with van der Waals surface area (Å²) >= 11 is 1.57. The van der Waals surface area contributed by atoms with Crippen LogP contribution in [0.3, 0.4) is 0 Å². The topological polar surface area (TPSA) is 117 Å². The van der Waals surface area contributed by atoms with Crippen molar-refractivity contribution in [3.05, 3.63) is 62.0 Å². The summed E-state index contributed by atoms with van der Waals surface area (Å²) in [5, 5.41) is 14.8. The number of hydrogen-bond donors (Lipinski definition) is 2. The molecule has 36 heavy (non-hydrogen) atoms. The molecule has 0 radical (unpaired) electrons. The van der Waals surface area contributed by atoms with E-state index in [0.717, 1.165) is 35.2 Å². The molecule has 1 saturated heterocycles. The summed E-state index contributed by atoms with van der Waals surface area (Å²) in [6, 6.07) is 3.61. The molecule has 0 bridgehead atoms. The molecular weight excluding hydrogens is 478 g/mol. The van der Waals surface area contributed by atoms with Crippen LogP contribution < -0.4 is 15.8 Å². The van der Waals surface area contributed by atoms with Crippen LogP contribution in [0.2, 0.25) is 0 Å². The van der Waals surface area contributed by atoms with Crippen molar-refractivity contribution in [2.75, 3.05) is 25.0 Å². The summed E-state index contributed by atoms with van der Waals surface area (Å²) in [5.41, 5.74) is 2.15. The molecular formula is C26H29N5O4S. The lowest BCUT2D eigenvalue weighted by atomic mass is 9.97. The van der Waals surface area contributed by atoms with Gasteiger partial charge in [0.25, 0.3) is 5.56 Å².